The molecule has 142 valence electrons. The van der Waals surface area contributed by atoms with Gasteiger partial charge < -0.3 is 10.6 Å². The van der Waals surface area contributed by atoms with Gasteiger partial charge in [-0.15, -0.1) is 0 Å². The van der Waals surface area contributed by atoms with Gasteiger partial charge in [-0.2, -0.15) is 5.10 Å². The quantitative estimate of drug-likeness (QED) is 0.765. The molecule has 1 aliphatic heterocycles. The van der Waals surface area contributed by atoms with Gasteiger partial charge in [0, 0.05) is 36.8 Å². The molecule has 2 heterocycles. The van der Waals surface area contributed by atoms with E-state index in [0.29, 0.717) is 25.1 Å². The predicted octanol–water partition coefficient (Wildman–Crippen LogP) is 2.69. The summed E-state index contributed by atoms with van der Waals surface area (Å²) in [4.78, 5) is 26.4. The lowest BCUT2D eigenvalue weighted by Crippen LogP contribution is -2.36. The normalized spacial score (nSPS) is 13.3. The van der Waals surface area contributed by atoms with E-state index >= 15 is 0 Å². The first-order chi connectivity index (χ1) is 13.4. The average Bonchev–Trinajstić information content (AvgIpc) is 3.04. The third-order valence-electron chi connectivity index (χ3n) is 5.28. The molecule has 0 fully saturated rings. The summed E-state index contributed by atoms with van der Waals surface area (Å²) in [5.74, 6) is -0.617. The SMILES string of the molecule is Cc1ccc(-c2ccc(C(=O)N3CCc4c(c(C(N)=O)nn4C)C3)cc2)cc1. The van der Waals surface area contributed by atoms with Crippen molar-refractivity contribution >= 4 is 11.8 Å². The molecule has 28 heavy (non-hydrogen) atoms. The average molecular weight is 374 g/mol. The van der Waals surface area contributed by atoms with Gasteiger partial charge in [0.05, 0.1) is 6.54 Å². The van der Waals surface area contributed by atoms with Gasteiger partial charge in [-0.25, -0.2) is 0 Å². The lowest BCUT2D eigenvalue weighted by Gasteiger charge is -2.27. The van der Waals surface area contributed by atoms with Crippen LogP contribution in [-0.4, -0.2) is 33.0 Å². The summed E-state index contributed by atoms with van der Waals surface area (Å²) in [6.07, 6.45) is 0.652. The first kappa shape index (κ1) is 18.0. The number of hydrogen-bond donors (Lipinski definition) is 1. The van der Waals surface area contributed by atoms with Gasteiger partial charge in [-0.3, -0.25) is 14.3 Å². The maximum Gasteiger partial charge on any atom is 0.269 e. The molecule has 1 aromatic heterocycles. The summed E-state index contributed by atoms with van der Waals surface area (Å²) < 4.78 is 1.69. The second-order valence-electron chi connectivity index (χ2n) is 7.18. The van der Waals surface area contributed by atoms with E-state index in [-0.39, 0.29) is 11.6 Å². The monoisotopic (exact) mass is 374 g/mol. The number of carbonyl (C=O) groups excluding carboxylic acids is 2. The van der Waals surface area contributed by atoms with Crippen LogP contribution in [0.25, 0.3) is 11.1 Å². The molecular weight excluding hydrogens is 352 g/mol. The van der Waals surface area contributed by atoms with Crippen molar-refractivity contribution in [3.05, 3.63) is 76.6 Å². The molecule has 0 unspecified atom stereocenters. The van der Waals surface area contributed by atoms with Crippen LogP contribution < -0.4 is 5.73 Å². The molecule has 0 atom stereocenters. The number of nitrogens with zero attached hydrogens (tertiary/aromatic N) is 3. The molecule has 1 aliphatic rings. The molecule has 0 saturated carbocycles. The summed E-state index contributed by atoms with van der Waals surface area (Å²) in [5.41, 5.74) is 11.5. The highest BCUT2D eigenvalue weighted by Gasteiger charge is 2.28. The molecule has 0 aliphatic carbocycles. The predicted molar refractivity (Wildman–Crippen MR) is 107 cm³/mol. The molecule has 2 aromatic carbocycles. The molecule has 0 radical (unpaired) electrons. The number of nitrogens with two attached hydrogens (primary N) is 1. The van der Waals surface area contributed by atoms with Gasteiger partial charge >= 0.3 is 0 Å². The van der Waals surface area contributed by atoms with E-state index in [0.717, 1.165) is 22.4 Å². The van der Waals surface area contributed by atoms with Crippen molar-refractivity contribution < 1.29 is 9.59 Å². The number of aromatic nitrogens is 2. The Morgan fingerprint density at radius 3 is 2.21 bits per heavy atom. The fourth-order valence-electron chi connectivity index (χ4n) is 3.70. The molecule has 2 N–H and O–H groups in total. The van der Waals surface area contributed by atoms with Gasteiger partial charge in [0.1, 0.15) is 0 Å². The number of hydrogen-bond acceptors (Lipinski definition) is 3. The minimum atomic E-state index is -0.561. The summed E-state index contributed by atoms with van der Waals surface area (Å²) in [6, 6.07) is 15.9. The minimum Gasteiger partial charge on any atom is -0.364 e. The van der Waals surface area contributed by atoms with Gasteiger partial charge in [0.2, 0.25) is 0 Å². The molecule has 0 spiro atoms. The van der Waals surface area contributed by atoms with Crippen molar-refractivity contribution in [1.82, 2.24) is 14.7 Å². The highest BCUT2D eigenvalue weighted by molar-refractivity contribution is 5.96. The highest BCUT2D eigenvalue weighted by atomic mass is 16.2. The van der Waals surface area contributed by atoms with Crippen molar-refractivity contribution in [2.75, 3.05) is 6.54 Å². The van der Waals surface area contributed by atoms with Crippen LogP contribution in [0, 0.1) is 6.92 Å². The number of aryl methyl sites for hydroxylation is 2. The topological polar surface area (TPSA) is 81.2 Å². The van der Waals surface area contributed by atoms with E-state index < -0.39 is 5.91 Å². The van der Waals surface area contributed by atoms with Gasteiger partial charge in [-0.1, -0.05) is 42.0 Å². The Bertz CT molecular complexity index is 1050. The van der Waals surface area contributed by atoms with Crippen molar-refractivity contribution in [3.8, 4) is 11.1 Å². The molecule has 6 heteroatoms. The lowest BCUT2D eigenvalue weighted by atomic mass is 10.0. The highest BCUT2D eigenvalue weighted by Crippen LogP contribution is 2.25. The van der Waals surface area contributed by atoms with Crippen LogP contribution in [0.1, 0.15) is 37.7 Å². The first-order valence-corrected chi connectivity index (χ1v) is 9.25. The van der Waals surface area contributed by atoms with Crippen LogP contribution in [-0.2, 0) is 20.0 Å². The largest absolute Gasteiger partial charge is 0.364 e. The van der Waals surface area contributed by atoms with Gasteiger partial charge in [0.15, 0.2) is 5.69 Å². The molecule has 0 bridgehead atoms. The van der Waals surface area contributed by atoms with Crippen molar-refractivity contribution in [2.24, 2.45) is 12.8 Å². The van der Waals surface area contributed by atoms with E-state index in [1.165, 1.54) is 5.56 Å². The Kier molecular flexibility index (Phi) is 4.47. The molecule has 0 saturated heterocycles. The Morgan fingerprint density at radius 2 is 1.61 bits per heavy atom. The second kappa shape index (κ2) is 6.96. The number of carbonyl (C=O) groups is 2. The van der Waals surface area contributed by atoms with Crippen molar-refractivity contribution in [1.29, 1.82) is 0 Å². The minimum absolute atomic E-state index is 0.0552. The van der Waals surface area contributed by atoms with Crippen LogP contribution in [0.15, 0.2) is 48.5 Å². The second-order valence-corrected chi connectivity index (χ2v) is 7.18. The molecule has 2 amide bonds. The van der Waals surface area contributed by atoms with Crippen LogP contribution in [0.5, 0.6) is 0 Å². The van der Waals surface area contributed by atoms with E-state index in [1.807, 2.05) is 24.3 Å². The van der Waals surface area contributed by atoms with E-state index in [9.17, 15) is 9.59 Å². The Morgan fingerprint density at radius 1 is 1.00 bits per heavy atom. The standard InChI is InChI=1S/C22H22N4O2/c1-14-3-5-15(6-4-14)16-7-9-17(10-8-16)22(28)26-12-11-19-18(13-26)20(21(23)27)24-25(19)2/h3-10H,11-13H2,1-2H3,(H2,23,27). The lowest BCUT2D eigenvalue weighted by molar-refractivity contribution is 0.0731. The zero-order valence-electron chi connectivity index (χ0n) is 16.0. The fourth-order valence-corrected chi connectivity index (χ4v) is 3.70. The number of primary amides is 1. The van der Waals surface area contributed by atoms with Gasteiger partial charge in [-0.05, 0) is 30.2 Å². The summed E-state index contributed by atoms with van der Waals surface area (Å²) in [5, 5.41) is 4.21. The number of rotatable bonds is 3. The van der Waals surface area contributed by atoms with E-state index in [2.05, 4.69) is 36.3 Å². The zero-order valence-corrected chi connectivity index (χ0v) is 16.0. The van der Waals surface area contributed by atoms with Crippen LogP contribution in [0.4, 0.5) is 0 Å². The fraction of sp³-hybridized carbons (Fsp3) is 0.227. The third kappa shape index (κ3) is 3.17. The number of fused-ring (bicyclic) bond motifs is 1. The van der Waals surface area contributed by atoms with Gasteiger partial charge in [0.25, 0.3) is 11.8 Å². The first-order valence-electron chi connectivity index (χ1n) is 9.25. The summed E-state index contributed by atoms with van der Waals surface area (Å²) in [6.45, 7) is 2.99. The van der Waals surface area contributed by atoms with Crippen molar-refractivity contribution in [3.63, 3.8) is 0 Å². The van der Waals surface area contributed by atoms with Crippen molar-refractivity contribution in [2.45, 2.75) is 19.9 Å². The smallest absolute Gasteiger partial charge is 0.269 e. The summed E-state index contributed by atoms with van der Waals surface area (Å²) in [7, 11) is 1.80. The molecule has 3 aromatic rings. The molecule has 6 nitrogen and oxygen atoms in total. The van der Waals surface area contributed by atoms with E-state index in [4.69, 9.17) is 5.73 Å². The maximum absolute atomic E-state index is 13.0. The Hall–Kier alpha value is -3.41. The van der Waals surface area contributed by atoms with E-state index in [1.54, 1.807) is 16.6 Å². The Balaban J connectivity index is 1.55. The molecule has 4 rings (SSSR count). The van der Waals surface area contributed by atoms with Crippen LogP contribution in [0.2, 0.25) is 0 Å². The maximum atomic E-state index is 13.0. The van der Waals surface area contributed by atoms with Crippen LogP contribution >= 0.6 is 0 Å². The zero-order chi connectivity index (χ0) is 19.8. The third-order valence-corrected chi connectivity index (χ3v) is 5.28. The summed E-state index contributed by atoms with van der Waals surface area (Å²) >= 11 is 0. The molecular formula is C22H22N4O2. The number of benzene rings is 2. The number of amides is 2. The Labute approximate surface area is 163 Å². The van der Waals surface area contributed by atoms with Crippen LogP contribution in [0.3, 0.4) is 0 Å².